The molecule has 10 heteroatoms. The fourth-order valence-corrected chi connectivity index (χ4v) is 5.20. The van der Waals surface area contributed by atoms with E-state index in [9.17, 15) is 14.4 Å². The largest absolute Gasteiger partial charge is 0.745 e. The summed E-state index contributed by atoms with van der Waals surface area (Å²) in [6, 6.07) is 5.15. The highest BCUT2D eigenvalue weighted by Crippen LogP contribution is 2.38. The first-order valence-electron chi connectivity index (χ1n) is 10.2. The molecule has 0 saturated carbocycles. The Morgan fingerprint density at radius 1 is 1.10 bits per heavy atom. The number of carbonyl (C=O) groups is 3. The third kappa shape index (κ3) is 6.69. The molecular formula is C21H30O9Si. The molecule has 0 bridgehead atoms. The minimum absolute atomic E-state index is 0.212. The number of carbonyl (C=O) groups excluding carboxylic acids is 3. The Hall–Kier alpha value is -2.59. The second kappa shape index (κ2) is 10.1. The average molecular weight is 455 g/mol. The molecule has 0 amide bonds. The zero-order valence-corrected chi connectivity index (χ0v) is 19.8. The standard InChI is InChI=1S/C21H30O9Si/c1-7-8-14(2)21(6)26-12-18-11-19(9-10-20(18)27-21)25-13-31(28-15(3)22,29-16(4)23)30-17(5)24/h9-11,14H,7-8,12-13H2,1-6H3. The van der Waals surface area contributed by atoms with E-state index in [1.165, 1.54) is 0 Å². The van der Waals surface area contributed by atoms with Gasteiger partial charge in [0.05, 0.1) is 6.61 Å². The number of ether oxygens (including phenoxy) is 3. The molecule has 1 heterocycles. The van der Waals surface area contributed by atoms with Gasteiger partial charge < -0.3 is 27.5 Å². The van der Waals surface area contributed by atoms with Crippen LogP contribution < -0.4 is 9.47 Å². The Bertz CT molecular complexity index is 784. The van der Waals surface area contributed by atoms with Crippen LogP contribution >= 0.6 is 0 Å². The fourth-order valence-electron chi connectivity index (χ4n) is 3.24. The van der Waals surface area contributed by atoms with Gasteiger partial charge in [0.15, 0.2) is 6.23 Å². The molecule has 0 saturated heterocycles. The maximum atomic E-state index is 11.5. The Kier molecular flexibility index (Phi) is 8.07. The van der Waals surface area contributed by atoms with Crippen LogP contribution in [0, 0.1) is 5.92 Å². The van der Waals surface area contributed by atoms with Crippen molar-refractivity contribution in [1.82, 2.24) is 0 Å². The number of hydrogen-bond acceptors (Lipinski definition) is 9. The number of hydrogen-bond donors (Lipinski definition) is 0. The van der Waals surface area contributed by atoms with Crippen molar-refractivity contribution in [2.45, 2.75) is 66.8 Å². The van der Waals surface area contributed by atoms with E-state index >= 15 is 0 Å². The van der Waals surface area contributed by atoms with Crippen LogP contribution in [0.25, 0.3) is 0 Å². The second-order valence-electron chi connectivity index (χ2n) is 7.62. The monoisotopic (exact) mass is 454 g/mol. The second-order valence-corrected chi connectivity index (χ2v) is 9.89. The third-order valence-corrected chi connectivity index (χ3v) is 7.08. The number of fused-ring (bicyclic) bond motifs is 1. The molecule has 1 aliphatic heterocycles. The molecule has 0 N–H and O–H groups in total. The highest BCUT2D eigenvalue weighted by atomic mass is 28.4. The molecule has 2 rings (SSSR count). The summed E-state index contributed by atoms with van der Waals surface area (Å²) < 4.78 is 33.1. The Morgan fingerprint density at radius 2 is 1.68 bits per heavy atom. The number of benzene rings is 1. The van der Waals surface area contributed by atoms with Gasteiger partial charge in [0.2, 0.25) is 5.79 Å². The molecule has 31 heavy (non-hydrogen) atoms. The first kappa shape index (κ1) is 24.7. The average Bonchev–Trinajstić information content (AvgIpc) is 2.65. The van der Waals surface area contributed by atoms with E-state index in [-0.39, 0.29) is 5.92 Å². The topological polar surface area (TPSA) is 107 Å². The van der Waals surface area contributed by atoms with Crippen molar-refractivity contribution < 1.29 is 41.9 Å². The van der Waals surface area contributed by atoms with Gasteiger partial charge in [-0.1, -0.05) is 20.3 Å². The molecule has 2 unspecified atom stereocenters. The zero-order valence-electron chi connectivity index (χ0n) is 18.8. The van der Waals surface area contributed by atoms with Crippen molar-refractivity contribution in [3.05, 3.63) is 23.8 Å². The summed E-state index contributed by atoms with van der Waals surface area (Å²) in [5.74, 6) is -1.70. The van der Waals surface area contributed by atoms with Crippen molar-refractivity contribution in [2.75, 3.05) is 6.23 Å². The summed E-state index contributed by atoms with van der Waals surface area (Å²) in [5.41, 5.74) is 0.776. The van der Waals surface area contributed by atoms with Gasteiger partial charge in [-0.05, 0) is 24.6 Å². The Morgan fingerprint density at radius 3 is 2.19 bits per heavy atom. The van der Waals surface area contributed by atoms with E-state index in [0.717, 1.165) is 39.2 Å². The van der Waals surface area contributed by atoms with Crippen molar-refractivity contribution in [2.24, 2.45) is 5.92 Å². The van der Waals surface area contributed by atoms with Gasteiger partial charge in [-0.25, -0.2) is 0 Å². The molecule has 0 fully saturated rings. The van der Waals surface area contributed by atoms with E-state index in [1.807, 2.05) is 6.92 Å². The molecule has 2 atom stereocenters. The predicted octanol–water partition coefficient (Wildman–Crippen LogP) is 3.29. The van der Waals surface area contributed by atoms with Crippen LogP contribution in [0.3, 0.4) is 0 Å². The fraction of sp³-hybridized carbons (Fsp3) is 0.571. The van der Waals surface area contributed by atoms with Gasteiger partial charge in [0.25, 0.3) is 17.9 Å². The third-order valence-electron chi connectivity index (χ3n) is 4.79. The molecule has 1 aromatic carbocycles. The minimum atomic E-state index is -4.08. The number of rotatable bonds is 9. The Labute approximate surface area is 183 Å². The summed E-state index contributed by atoms with van der Waals surface area (Å²) in [5, 5.41) is 0. The minimum Gasteiger partial charge on any atom is -0.485 e. The van der Waals surface area contributed by atoms with Gasteiger partial charge in [0.1, 0.15) is 11.5 Å². The molecule has 172 valence electrons. The van der Waals surface area contributed by atoms with Gasteiger partial charge >= 0.3 is 8.80 Å². The molecule has 0 aromatic heterocycles. The van der Waals surface area contributed by atoms with Crippen molar-refractivity contribution in [3.8, 4) is 11.5 Å². The van der Waals surface area contributed by atoms with Crippen molar-refractivity contribution in [3.63, 3.8) is 0 Å². The Balaban J connectivity index is 2.18. The molecule has 9 nitrogen and oxygen atoms in total. The van der Waals surface area contributed by atoms with Gasteiger partial charge in [0, 0.05) is 39.2 Å². The summed E-state index contributed by atoms with van der Waals surface area (Å²) in [6.45, 7) is 9.84. The van der Waals surface area contributed by atoms with Crippen LogP contribution in [0.1, 0.15) is 59.9 Å². The highest BCUT2D eigenvalue weighted by Gasteiger charge is 2.54. The lowest BCUT2D eigenvalue weighted by molar-refractivity contribution is -0.223. The van der Waals surface area contributed by atoms with E-state index in [4.69, 9.17) is 27.5 Å². The van der Waals surface area contributed by atoms with Crippen molar-refractivity contribution >= 4 is 26.7 Å². The highest BCUT2D eigenvalue weighted by molar-refractivity contribution is 6.65. The van der Waals surface area contributed by atoms with E-state index in [2.05, 4.69) is 13.8 Å². The van der Waals surface area contributed by atoms with E-state index < -0.39 is 38.7 Å². The molecule has 0 radical (unpaired) electrons. The molecular weight excluding hydrogens is 424 g/mol. The summed E-state index contributed by atoms with van der Waals surface area (Å²) in [7, 11) is -4.08. The molecule has 1 aliphatic rings. The van der Waals surface area contributed by atoms with Gasteiger partial charge in [-0.2, -0.15) is 0 Å². The summed E-state index contributed by atoms with van der Waals surface area (Å²) in [6.07, 6.45) is 1.58. The molecule has 0 aliphatic carbocycles. The maximum absolute atomic E-state index is 11.5. The lowest BCUT2D eigenvalue weighted by Gasteiger charge is -2.40. The quantitative estimate of drug-likeness (QED) is 0.519. The van der Waals surface area contributed by atoms with E-state index in [1.54, 1.807) is 18.2 Å². The van der Waals surface area contributed by atoms with Crippen LogP contribution in [0.5, 0.6) is 11.5 Å². The van der Waals surface area contributed by atoms with Gasteiger partial charge in [-0.3, -0.25) is 14.4 Å². The first-order valence-corrected chi connectivity index (χ1v) is 12.1. The zero-order chi connectivity index (χ0) is 23.2. The van der Waals surface area contributed by atoms with Crippen LogP contribution in [0.4, 0.5) is 0 Å². The lowest BCUT2D eigenvalue weighted by Crippen LogP contribution is -2.54. The van der Waals surface area contributed by atoms with Crippen molar-refractivity contribution in [1.29, 1.82) is 0 Å². The van der Waals surface area contributed by atoms with Crippen LogP contribution in [-0.2, 0) is 39.0 Å². The predicted molar refractivity (Wildman–Crippen MR) is 111 cm³/mol. The van der Waals surface area contributed by atoms with Crippen LogP contribution in [-0.4, -0.2) is 38.7 Å². The van der Waals surface area contributed by atoms with Crippen LogP contribution in [0.2, 0.25) is 0 Å². The molecule has 0 spiro atoms. The summed E-state index contributed by atoms with van der Waals surface area (Å²) in [4.78, 5) is 34.6. The summed E-state index contributed by atoms with van der Waals surface area (Å²) >= 11 is 0. The molecule has 1 aromatic rings. The van der Waals surface area contributed by atoms with E-state index in [0.29, 0.717) is 18.1 Å². The lowest BCUT2D eigenvalue weighted by atomic mass is 9.96. The SMILES string of the molecule is CCCC(C)C1(C)OCc2cc(OC[Si](OC(C)=O)(OC(C)=O)OC(C)=O)ccc2O1. The maximum Gasteiger partial charge on any atom is 0.745 e. The van der Waals surface area contributed by atoms with Gasteiger partial charge in [-0.15, -0.1) is 0 Å². The normalized spacial score (nSPS) is 18.8. The first-order chi connectivity index (χ1) is 14.5. The van der Waals surface area contributed by atoms with Crippen LogP contribution in [0.15, 0.2) is 18.2 Å². The smallest absolute Gasteiger partial charge is 0.485 e.